The van der Waals surface area contributed by atoms with Crippen LogP contribution in [-0.4, -0.2) is 41.3 Å². The molecule has 0 atom stereocenters. The van der Waals surface area contributed by atoms with Gasteiger partial charge in [-0.2, -0.15) is 0 Å². The van der Waals surface area contributed by atoms with Crippen LogP contribution in [0.2, 0.25) is 0 Å². The number of anilines is 1. The summed E-state index contributed by atoms with van der Waals surface area (Å²) in [5.74, 6) is 0.313. The molecule has 2 amide bonds. The zero-order valence-electron chi connectivity index (χ0n) is 13.6. The average molecular weight is 399 g/mol. The summed E-state index contributed by atoms with van der Waals surface area (Å²) >= 11 is 5.13. The van der Waals surface area contributed by atoms with Gasteiger partial charge < -0.3 is 10.2 Å². The normalized spacial score (nSPS) is 14.7. The largest absolute Gasteiger partial charge is 0.336 e. The Morgan fingerprint density at radius 3 is 2.70 bits per heavy atom. The Hall–Kier alpha value is -1.01. The molecule has 1 aliphatic carbocycles. The highest BCUT2D eigenvalue weighted by atomic mass is 79.9. The van der Waals surface area contributed by atoms with E-state index in [0.29, 0.717) is 11.0 Å². The van der Waals surface area contributed by atoms with E-state index in [1.54, 1.807) is 18.8 Å². The highest BCUT2D eigenvalue weighted by Crippen LogP contribution is 2.29. The third-order valence-corrected chi connectivity index (χ3v) is 5.86. The van der Waals surface area contributed by atoms with Gasteiger partial charge in [-0.25, -0.2) is 0 Å². The highest BCUT2D eigenvalue weighted by molar-refractivity contribution is 9.10. The lowest BCUT2D eigenvalue weighted by atomic mass is 10.2. The maximum Gasteiger partial charge on any atom is 0.243 e. The fraction of sp³-hybridized carbons (Fsp3) is 0.529. The molecule has 2 rings (SSSR count). The summed E-state index contributed by atoms with van der Waals surface area (Å²) in [6.07, 6.45) is 4.98. The van der Waals surface area contributed by atoms with Gasteiger partial charge >= 0.3 is 0 Å². The van der Waals surface area contributed by atoms with E-state index >= 15 is 0 Å². The van der Waals surface area contributed by atoms with E-state index in [-0.39, 0.29) is 18.4 Å². The van der Waals surface area contributed by atoms with Gasteiger partial charge in [-0.05, 0) is 43.5 Å². The lowest BCUT2D eigenvalue weighted by molar-refractivity contribution is -0.131. The van der Waals surface area contributed by atoms with Gasteiger partial charge in [0.25, 0.3) is 0 Å². The Bertz CT molecular complexity index is 574. The van der Waals surface area contributed by atoms with Gasteiger partial charge in [0, 0.05) is 22.5 Å². The van der Waals surface area contributed by atoms with E-state index in [4.69, 9.17) is 0 Å². The molecule has 0 radical (unpaired) electrons. The monoisotopic (exact) mass is 398 g/mol. The molecule has 1 N–H and O–H groups in total. The third kappa shape index (κ3) is 5.84. The van der Waals surface area contributed by atoms with Crippen LogP contribution in [0.3, 0.4) is 0 Å². The van der Waals surface area contributed by atoms with Crippen molar-refractivity contribution < 1.29 is 9.59 Å². The standard InChI is InChI=1S/C17H23BrN2O2S/c1-12-9-13(18)7-8-15(12)19-16(21)10-20(2)17(22)11-23-14-5-3-4-6-14/h7-9,14H,3-6,10-11H2,1-2H3,(H,19,21). The number of benzene rings is 1. The highest BCUT2D eigenvalue weighted by Gasteiger charge is 2.19. The molecular formula is C17H23BrN2O2S. The first-order valence-electron chi connectivity index (χ1n) is 7.87. The quantitative estimate of drug-likeness (QED) is 0.791. The Labute approximate surface area is 150 Å². The second kappa shape index (κ2) is 8.73. The summed E-state index contributed by atoms with van der Waals surface area (Å²) in [4.78, 5) is 25.7. The van der Waals surface area contributed by atoms with Crippen molar-refractivity contribution in [3.05, 3.63) is 28.2 Å². The maximum absolute atomic E-state index is 12.1. The molecule has 1 aromatic rings. The van der Waals surface area contributed by atoms with Crippen molar-refractivity contribution >= 4 is 45.2 Å². The van der Waals surface area contributed by atoms with Gasteiger partial charge in [0.05, 0.1) is 12.3 Å². The molecule has 0 unspecified atom stereocenters. The van der Waals surface area contributed by atoms with Crippen molar-refractivity contribution in [2.24, 2.45) is 0 Å². The number of hydrogen-bond acceptors (Lipinski definition) is 3. The fourth-order valence-corrected chi connectivity index (χ4v) is 4.36. The Morgan fingerprint density at radius 2 is 2.04 bits per heavy atom. The summed E-state index contributed by atoms with van der Waals surface area (Å²) < 4.78 is 0.976. The van der Waals surface area contributed by atoms with Crippen molar-refractivity contribution in [3.8, 4) is 0 Å². The minimum Gasteiger partial charge on any atom is -0.336 e. The zero-order chi connectivity index (χ0) is 16.8. The molecule has 23 heavy (non-hydrogen) atoms. The minimum atomic E-state index is -0.169. The number of nitrogens with zero attached hydrogens (tertiary/aromatic N) is 1. The van der Waals surface area contributed by atoms with Gasteiger partial charge in [0.15, 0.2) is 0 Å². The average Bonchev–Trinajstić information content (AvgIpc) is 3.01. The number of carbonyl (C=O) groups is 2. The van der Waals surface area contributed by atoms with Crippen LogP contribution in [0.1, 0.15) is 31.2 Å². The van der Waals surface area contributed by atoms with E-state index in [9.17, 15) is 9.59 Å². The molecule has 0 aromatic heterocycles. The molecule has 6 heteroatoms. The summed E-state index contributed by atoms with van der Waals surface area (Å²) in [7, 11) is 1.69. The number of likely N-dealkylation sites (N-methyl/N-ethyl adjacent to an activating group) is 1. The van der Waals surface area contributed by atoms with Crippen molar-refractivity contribution in [2.75, 3.05) is 24.7 Å². The summed E-state index contributed by atoms with van der Waals surface area (Å²) in [5.41, 5.74) is 1.76. The first kappa shape index (κ1) is 18.3. The predicted octanol–water partition coefficient (Wildman–Crippen LogP) is 3.83. The van der Waals surface area contributed by atoms with E-state index < -0.39 is 0 Å². The molecule has 0 saturated heterocycles. The second-order valence-electron chi connectivity index (χ2n) is 5.97. The third-order valence-electron chi connectivity index (χ3n) is 4.01. The molecule has 0 aliphatic heterocycles. The van der Waals surface area contributed by atoms with Crippen LogP contribution in [0.25, 0.3) is 0 Å². The summed E-state index contributed by atoms with van der Waals surface area (Å²) in [6.45, 7) is 2.02. The number of nitrogens with one attached hydrogen (secondary N) is 1. The van der Waals surface area contributed by atoms with Crippen molar-refractivity contribution in [3.63, 3.8) is 0 Å². The molecule has 1 aliphatic rings. The first-order chi connectivity index (χ1) is 11.0. The molecule has 0 bridgehead atoms. The minimum absolute atomic E-state index is 0.0181. The van der Waals surface area contributed by atoms with Crippen molar-refractivity contribution in [1.82, 2.24) is 4.90 Å². The number of rotatable bonds is 6. The Balaban J connectivity index is 1.77. The van der Waals surface area contributed by atoms with Crippen molar-refractivity contribution in [2.45, 2.75) is 37.9 Å². The molecule has 4 nitrogen and oxygen atoms in total. The number of amides is 2. The SMILES string of the molecule is Cc1cc(Br)ccc1NC(=O)CN(C)C(=O)CSC1CCCC1. The smallest absolute Gasteiger partial charge is 0.243 e. The van der Waals surface area contributed by atoms with Gasteiger partial charge in [-0.15, -0.1) is 11.8 Å². The van der Waals surface area contributed by atoms with E-state index in [0.717, 1.165) is 15.7 Å². The van der Waals surface area contributed by atoms with Gasteiger partial charge in [0.2, 0.25) is 11.8 Å². The lowest BCUT2D eigenvalue weighted by Crippen LogP contribution is -2.36. The van der Waals surface area contributed by atoms with Crippen LogP contribution in [-0.2, 0) is 9.59 Å². The van der Waals surface area contributed by atoms with E-state index in [1.807, 2.05) is 25.1 Å². The van der Waals surface area contributed by atoms with E-state index in [2.05, 4.69) is 21.2 Å². The van der Waals surface area contributed by atoms with E-state index in [1.165, 1.54) is 30.6 Å². The van der Waals surface area contributed by atoms with Crippen LogP contribution >= 0.6 is 27.7 Å². The van der Waals surface area contributed by atoms with Crippen molar-refractivity contribution in [1.29, 1.82) is 0 Å². The van der Waals surface area contributed by atoms with Gasteiger partial charge in [-0.3, -0.25) is 9.59 Å². The van der Waals surface area contributed by atoms with Gasteiger partial charge in [-0.1, -0.05) is 28.8 Å². The summed E-state index contributed by atoms with van der Waals surface area (Å²) in [5, 5.41) is 3.48. The molecule has 1 saturated carbocycles. The molecule has 1 aromatic carbocycles. The molecular weight excluding hydrogens is 376 g/mol. The number of carbonyl (C=O) groups excluding carboxylic acids is 2. The molecule has 1 fully saturated rings. The van der Waals surface area contributed by atoms with Crippen LogP contribution in [0.5, 0.6) is 0 Å². The fourth-order valence-electron chi connectivity index (χ4n) is 2.62. The number of aryl methyl sites for hydroxylation is 1. The van der Waals surface area contributed by atoms with Crippen LogP contribution < -0.4 is 5.32 Å². The van der Waals surface area contributed by atoms with Gasteiger partial charge in [0.1, 0.15) is 0 Å². The molecule has 0 spiro atoms. The lowest BCUT2D eigenvalue weighted by Gasteiger charge is -2.18. The maximum atomic E-state index is 12.1. The zero-order valence-corrected chi connectivity index (χ0v) is 16.0. The molecule has 0 heterocycles. The summed E-state index contributed by atoms with van der Waals surface area (Å²) in [6, 6.07) is 5.69. The first-order valence-corrected chi connectivity index (χ1v) is 9.71. The Kier molecular flexibility index (Phi) is 6.96. The predicted molar refractivity (Wildman–Crippen MR) is 99.9 cm³/mol. The molecule has 126 valence electrons. The van der Waals surface area contributed by atoms with Crippen LogP contribution in [0.4, 0.5) is 5.69 Å². The topological polar surface area (TPSA) is 49.4 Å². The van der Waals surface area contributed by atoms with Crippen LogP contribution in [0, 0.1) is 6.92 Å². The number of thioether (sulfide) groups is 1. The number of hydrogen-bond donors (Lipinski definition) is 1. The van der Waals surface area contributed by atoms with Crippen LogP contribution in [0.15, 0.2) is 22.7 Å². The number of halogens is 1. The second-order valence-corrected chi connectivity index (χ2v) is 8.18. The Morgan fingerprint density at radius 1 is 1.35 bits per heavy atom.